The third-order valence-electron chi connectivity index (χ3n) is 4.87. The molecule has 0 radical (unpaired) electrons. The topological polar surface area (TPSA) is 79.3 Å². The highest BCUT2D eigenvalue weighted by atomic mass is 35.5. The van der Waals surface area contributed by atoms with Gasteiger partial charge in [0.2, 0.25) is 11.8 Å². The SMILES string of the molecule is Cc1nn(C)c(C)c1CCC(=O)Nc1ccc(N2CCNC(=O)C2)c(Cl)c1. The highest BCUT2D eigenvalue weighted by Crippen LogP contribution is 2.29. The summed E-state index contributed by atoms with van der Waals surface area (Å²) in [4.78, 5) is 25.8. The number of piperazine rings is 1. The maximum atomic E-state index is 12.3. The van der Waals surface area contributed by atoms with E-state index in [0.29, 0.717) is 36.6 Å². The first-order valence-electron chi connectivity index (χ1n) is 8.95. The zero-order chi connectivity index (χ0) is 19.6. The Balaban J connectivity index is 1.61. The molecule has 1 aromatic carbocycles. The summed E-state index contributed by atoms with van der Waals surface area (Å²) in [6.07, 6.45) is 1.02. The molecule has 2 aromatic rings. The van der Waals surface area contributed by atoms with Crippen molar-refractivity contribution < 1.29 is 9.59 Å². The van der Waals surface area contributed by atoms with Gasteiger partial charge in [0, 0.05) is 37.9 Å². The molecule has 2 heterocycles. The van der Waals surface area contributed by atoms with Crippen molar-refractivity contribution in [2.24, 2.45) is 7.05 Å². The van der Waals surface area contributed by atoms with E-state index in [1.54, 1.807) is 6.07 Å². The van der Waals surface area contributed by atoms with E-state index in [4.69, 9.17) is 11.6 Å². The van der Waals surface area contributed by atoms with Crippen molar-refractivity contribution in [2.45, 2.75) is 26.7 Å². The second-order valence-electron chi connectivity index (χ2n) is 6.76. The van der Waals surface area contributed by atoms with Gasteiger partial charge in [0.1, 0.15) is 0 Å². The number of nitrogens with one attached hydrogen (secondary N) is 2. The Morgan fingerprint density at radius 3 is 2.78 bits per heavy atom. The van der Waals surface area contributed by atoms with Gasteiger partial charge in [0.05, 0.1) is 22.9 Å². The molecule has 144 valence electrons. The number of aryl methyl sites for hydroxylation is 2. The molecule has 1 aliphatic heterocycles. The Morgan fingerprint density at radius 2 is 2.15 bits per heavy atom. The minimum absolute atomic E-state index is 0.0179. The smallest absolute Gasteiger partial charge is 0.239 e. The number of benzene rings is 1. The Hall–Kier alpha value is -2.54. The minimum Gasteiger partial charge on any atom is -0.359 e. The molecule has 1 aliphatic rings. The van der Waals surface area contributed by atoms with Crippen LogP contribution in [0.2, 0.25) is 5.02 Å². The van der Waals surface area contributed by atoms with Gasteiger partial charge in [-0.05, 0) is 44.0 Å². The van der Waals surface area contributed by atoms with Gasteiger partial charge < -0.3 is 15.5 Å². The third-order valence-corrected chi connectivity index (χ3v) is 5.17. The summed E-state index contributed by atoms with van der Waals surface area (Å²) in [6, 6.07) is 5.38. The number of amides is 2. The van der Waals surface area contributed by atoms with Crippen LogP contribution in [-0.4, -0.2) is 41.2 Å². The van der Waals surface area contributed by atoms with Crippen molar-refractivity contribution in [2.75, 3.05) is 29.9 Å². The summed E-state index contributed by atoms with van der Waals surface area (Å²) < 4.78 is 1.84. The number of halogens is 1. The first-order valence-corrected chi connectivity index (χ1v) is 9.33. The zero-order valence-electron chi connectivity index (χ0n) is 15.8. The number of nitrogens with zero attached hydrogens (tertiary/aromatic N) is 3. The van der Waals surface area contributed by atoms with Gasteiger partial charge in [-0.25, -0.2) is 0 Å². The van der Waals surface area contributed by atoms with Crippen LogP contribution in [0.5, 0.6) is 0 Å². The van der Waals surface area contributed by atoms with Gasteiger partial charge in [0.25, 0.3) is 0 Å². The molecule has 27 heavy (non-hydrogen) atoms. The van der Waals surface area contributed by atoms with Crippen molar-refractivity contribution in [3.05, 3.63) is 40.2 Å². The van der Waals surface area contributed by atoms with Crippen LogP contribution in [0.3, 0.4) is 0 Å². The molecule has 2 N–H and O–H groups in total. The van der Waals surface area contributed by atoms with E-state index in [1.807, 2.05) is 42.6 Å². The number of aromatic nitrogens is 2. The number of anilines is 2. The summed E-state index contributed by atoms with van der Waals surface area (Å²) in [6.45, 7) is 5.56. The van der Waals surface area contributed by atoms with E-state index in [0.717, 1.165) is 22.6 Å². The lowest BCUT2D eigenvalue weighted by Gasteiger charge is -2.29. The van der Waals surface area contributed by atoms with Crippen LogP contribution in [0.15, 0.2) is 18.2 Å². The van der Waals surface area contributed by atoms with E-state index in [2.05, 4.69) is 15.7 Å². The van der Waals surface area contributed by atoms with Crippen molar-refractivity contribution >= 4 is 34.8 Å². The van der Waals surface area contributed by atoms with Gasteiger partial charge in [-0.2, -0.15) is 5.10 Å². The summed E-state index contributed by atoms with van der Waals surface area (Å²) in [7, 11) is 1.90. The summed E-state index contributed by atoms with van der Waals surface area (Å²) >= 11 is 6.38. The highest BCUT2D eigenvalue weighted by Gasteiger charge is 2.19. The van der Waals surface area contributed by atoms with Crippen molar-refractivity contribution in [3.63, 3.8) is 0 Å². The lowest BCUT2D eigenvalue weighted by Crippen LogP contribution is -2.47. The minimum atomic E-state index is -0.0705. The molecule has 0 bridgehead atoms. The predicted octanol–water partition coefficient (Wildman–Crippen LogP) is 2.20. The Labute approximate surface area is 163 Å². The Bertz CT molecular complexity index is 877. The molecule has 0 aliphatic carbocycles. The summed E-state index contributed by atoms with van der Waals surface area (Å²) in [5, 5.41) is 10.6. The van der Waals surface area contributed by atoms with Crippen molar-refractivity contribution in [1.82, 2.24) is 15.1 Å². The molecule has 1 saturated heterocycles. The van der Waals surface area contributed by atoms with Crippen LogP contribution in [-0.2, 0) is 23.1 Å². The average Bonchev–Trinajstić information content (AvgIpc) is 2.85. The van der Waals surface area contributed by atoms with E-state index >= 15 is 0 Å². The molecule has 0 saturated carbocycles. The summed E-state index contributed by atoms with van der Waals surface area (Å²) in [5.41, 5.74) is 4.60. The van der Waals surface area contributed by atoms with Crippen molar-refractivity contribution in [3.8, 4) is 0 Å². The maximum absolute atomic E-state index is 12.3. The number of rotatable bonds is 5. The number of hydrogen-bond donors (Lipinski definition) is 2. The van der Waals surface area contributed by atoms with Crippen LogP contribution >= 0.6 is 11.6 Å². The van der Waals surface area contributed by atoms with Gasteiger partial charge in [-0.3, -0.25) is 14.3 Å². The normalized spacial score (nSPS) is 14.2. The largest absolute Gasteiger partial charge is 0.359 e. The third kappa shape index (κ3) is 4.42. The van der Waals surface area contributed by atoms with Crippen LogP contribution < -0.4 is 15.5 Å². The number of hydrogen-bond acceptors (Lipinski definition) is 4. The van der Waals surface area contributed by atoms with Gasteiger partial charge in [-0.15, -0.1) is 0 Å². The van der Waals surface area contributed by atoms with Crippen molar-refractivity contribution in [1.29, 1.82) is 0 Å². The van der Waals surface area contributed by atoms with E-state index < -0.39 is 0 Å². The molecule has 3 rings (SSSR count). The molecule has 1 fully saturated rings. The van der Waals surface area contributed by atoms with Crippen LogP contribution in [0.1, 0.15) is 23.4 Å². The average molecular weight is 390 g/mol. The van der Waals surface area contributed by atoms with E-state index in [-0.39, 0.29) is 18.4 Å². The molecule has 2 amide bonds. The van der Waals surface area contributed by atoms with Crippen LogP contribution in [0, 0.1) is 13.8 Å². The van der Waals surface area contributed by atoms with E-state index in [1.165, 1.54) is 0 Å². The first-order chi connectivity index (χ1) is 12.8. The molecule has 0 spiro atoms. The zero-order valence-corrected chi connectivity index (χ0v) is 16.6. The van der Waals surface area contributed by atoms with Gasteiger partial charge in [0.15, 0.2) is 0 Å². The molecule has 7 nitrogen and oxygen atoms in total. The molecule has 0 unspecified atom stereocenters. The molecular formula is C19H24ClN5O2. The maximum Gasteiger partial charge on any atom is 0.239 e. The van der Waals surface area contributed by atoms with Crippen LogP contribution in [0.4, 0.5) is 11.4 Å². The fourth-order valence-electron chi connectivity index (χ4n) is 3.33. The fourth-order valence-corrected chi connectivity index (χ4v) is 3.63. The first kappa shape index (κ1) is 19.2. The Kier molecular flexibility index (Phi) is 5.70. The lowest BCUT2D eigenvalue weighted by atomic mass is 10.1. The van der Waals surface area contributed by atoms with Crippen LogP contribution in [0.25, 0.3) is 0 Å². The van der Waals surface area contributed by atoms with Gasteiger partial charge >= 0.3 is 0 Å². The monoisotopic (exact) mass is 389 g/mol. The highest BCUT2D eigenvalue weighted by molar-refractivity contribution is 6.33. The van der Waals surface area contributed by atoms with Gasteiger partial charge in [-0.1, -0.05) is 11.6 Å². The molecular weight excluding hydrogens is 366 g/mol. The lowest BCUT2D eigenvalue weighted by molar-refractivity contribution is -0.120. The van der Waals surface area contributed by atoms with E-state index in [9.17, 15) is 9.59 Å². The molecule has 8 heteroatoms. The predicted molar refractivity (Wildman–Crippen MR) is 106 cm³/mol. The Morgan fingerprint density at radius 1 is 1.37 bits per heavy atom. The molecule has 0 atom stereocenters. The quantitative estimate of drug-likeness (QED) is 0.821. The second kappa shape index (κ2) is 8.00. The second-order valence-corrected chi connectivity index (χ2v) is 7.17. The summed E-state index contributed by atoms with van der Waals surface area (Å²) in [5.74, 6) is -0.0884. The standard InChI is InChI=1S/C19H24ClN5O2/c1-12-15(13(2)24(3)23-12)5-7-18(26)22-14-4-6-17(16(20)10-14)25-9-8-21-19(27)11-25/h4,6,10H,5,7-9,11H2,1-3H3,(H,21,27)(H,22,26). The fraction of sp³-hybridized carbons (Fsp3) is 0.421. The number of carbonyl (C=O) groups is 2. The molecule has 1 aromatic heterocycles. The number of carbonyl (C=O) groups excluding carboxylic acids is 2.